The Labute approximate surface area is 471 Å². The Morgan fingerprint density at radius 2 is 0.342 bits per heavy atom. The van der Waals surface area contributed by atoms with E-state index in [1.807, 2.05) is 0 Å². The maximum absolute atomic E-state index is 3.67. The van der Waals surface area contributed by atoms with Gasteiger partial charge >= 0.3 is 0 Å². The SMILES string of the molecule is CCCCc1ccc(N(c2ccc(Br)cc2)c2ccc(N(c3ccc(CCCC)cc3)c3ccc(N(c4ccc(CCCC)cc4)c4ccc(N(c5ccc(Br)cc5)c5ccc(CCCC)cc5)cc4)cc3)cc2)cc1. The minimum absolute atomic E-state index is 1.06. The van der Waals surface area contributed by atoms with Gasteiger partial charge in [0, 0.05) is 77.2 Å². The van der Waals surface area contributed by atoms with E-state index in [4.69, 9.17) is 0 Å². The molecular weight excluding hydrogens is 1060 g/mol. The van der Waals surface area contributed by atoms with Crippen LogP contribution in [0.3, 0.4) is 0 Å². The van der Waals surface area contributed by atoms with Crippen LogP contribution in [0.25, 0.3) is 0 Å². The number of aryl methyl sites for hydroxylation is 4. The van der Waals surface area contributed by atoms with Gasteiger partial charge in [-0.25, -0.2) is 0 Å². The number of unbranched alkanes of at least 4 members (excludes halogenated alkanes) is 4. The number of hydrogen-bond donors (Lipinski definition) is 0. The Morgan fingerprint density at radius 1 is 0.211 bits per heavy atom. The summed E-state index contributed by atoms with van der Waals surface area (Å²) in [4.78, 5) is 9.47. The van der Waals surface area contributed by atoms with E-state index in [0.717, 1.165) is 103 Å². The van der Waals surface area contributed by atoms with Crippen LogP contribution in [0.4, 0.5) is 68.2 Å². The minimum Gasteiger partial charge on any atom is -0.311 e. The molecule has 76 heavy (non-hydrogen) atoms. The zero-order valence-electron chi connectivity index (χ0n) is 44.8. The van der Waals surface area contributed by atoms with E-state index in [1.54, 1.807) is 0 Å². The van der Waals surface area contributed by atoms with Gasteiger partial charge in [-0.2, -0.15) is 0 Å². The number of halogens is 2. The highest BCUT2D eigenvalue weighted by molar-refractivity contribution is 9.10. The molecule has 6 heteroatoms. The molecule has 0 atom stereocenters. The molecule has 0 saturated carbocycles. The predicted molar refractivity (Wildman–Crippen MR) is 335 cm³/mol. The maximum atomic E-state index is 3.67. The zero-order chi connectivity index (χ0) is 52.6. The molecule has 0 aliphatic rings. The van der Waals surface area contributed by atoms with Crippen LogP contribution in [0.2, 0.25) is 0 Å². The highest BCUT2D eigenvalue weighted by atomic mass is 79.9. The van der Waals surface area contributed by atoms with Crippen molar-refractivity contribution in [2.24, 2.45) is 0 Å². The van der Waals surface area contributed by atoms with E-state index >= 15 is 0 Å². The molecule has 0 aromatic heterocycles. The van der Waals surface area contributed by atoms with Gasteiger partial charge in [-0.3, -0.25) is 0 Å². The van der Waals surface area contributed by atoms with Crippen LogP contribution in [-0.4, -0.2) is 0 Å². The maximum Gasteiger partial charge on any atom is 0.0463 e. The molecule has 0 amide bonds. The average Bonchev–Trinajstić information content (AvgIpc) is 3.48. The van der Waals surface area contributed by atoms with Gasteiger partial charge < -0.3 is 19.6 Å². The number of nitrogens with zero attached hydrogens (tertiary/aromatic N) is 4. The first kappa shape index (κ1) is 53.9. The van der Waals surface area contributed by atoms with Gasteiger partial charge in [-0.05, 0) is 243 Å². The molecule has 9 aromatic carbocycles. The van der Waals surface area contributed by atoms with Gasteiger partial charge in [0.05, 0.1) is 0 Å². The first-order valence-electron chi connectivity index (χ1n) is 27.7. The standard InChI is InChI=1S/C70H72Br2N4/c1-5-9-13-53-17-29-59(30-18-53)73(63-37-25-57(71)26-38-63)65-41-45-67(46-42-65)75(61-33-21-55(22-34-61)15-11-7-3)69-49-51-70(52-50-69)76(62-35-23-56(24-36-62)16-12-8-4)68-47-43-66(44-48-68)74(64-39-27-58(72)28-40-64)60-31-19-54(20-32-60)14-10-6-2/h17-52H,5-16H2,1-4H3. The normalized spacial score (nSPS) is 11.1. The summed E-state index contributed by atoms with van der Waals surface area (Å²) in [7, 11) is 0. The molecule has 0 aliphatic carbocycles. The number of anilines is 12. The molecule has 0 unspecified atom stereocenters. The van der Waals surface area contributed by atoms with E-state index < -0.39 is 0 Å². The first-order valence-corrected chi connectivity index (χ1v) is 29.3. The first-order chi connectivity index (χ1) is 37.3. The summed E-state index contributed by atoms with van der Waals surface area (Å²) < 4.78 is 2.12. The second-order valence-electron chi connectivity index (χ2n) is 19.9. The van der Waals surface area contributed by atoms with E-state index in [-0.39, 0.29) is 0 Å². The summed E-state index contributed by atoms with van der Waals surface area (Å²) in [5, 5.41) is 0. The Kier molecular flexibility index (Phi) is 19.0. The van der Waals surface area contributed by atoms with Crippen molar-refractivity contribution in [1.29, 1.82) is 0 Å². The summed E-state index contributed by atoms with van der Waals surface area (Å²) >= 11 is 7.35. The lowest BCUT2D eigenvalue weighted by atomic mass is 10.1. The van der Waals surface area contributed by atoms with Crippen LogP contribution >= 0.6 is 31.9 Å². The minimum atomic E-state index is 1.06. The monoisotopic (exact) mass is 1130 g/mol. The third-order valence-corrected chi connectivity index (χ3v) is 15.4. The highest BCUT2D eigenvalue weighted by Gasteiger charge is 2.20. The van der Waals surface area contributed by atoms with Crippen molar-refractivity contribution < 1.29 is 0 Å². The van der Waals surface area contributed by atoms with E-state index in [0.29, 0.717) is 0 Å². The third kappa shape index (κ3) is 13.6. The fraction of sp³-hybridized carbons (Fsp3) is 0.229. The van der Waals surface area contributed by atoms with Crippen LogP contribution in [-0.2, 0) is 25.7 Å². The summed E-state index contributed by atoms with van der Waals surface area (Å²) in [5.41, 5.74) is 18.7. The van der Waals surface area contributed by atoms with Gasteiger partial charge in [0.25, 0.3) is 0 Å². The largest absolute Gasteiger partial charge is 0.311 e. The molecule has 0 N–H and O–H groups in total. The molecule has 9 aromatic rings. The lowest BCUT2D eigenvalue weighted by molar-refractivity contribution is 0.795. The van der Waals surface area contributed by atoms with Crippen LogP contribution in [0.5, 0.6) is 0 Å². The molecule has 0 aliphatic heterocycles. The van der Waals surface area contributed by atoms with Crippen molar-refractivity contribution in [3.63, 3.8) is 0 Å². The fourth-order valence-electron chi connectivity index (χ4n) is 9.99. The number of hydrogen-bond acceptors (Lipinski definition) is 4. The quantitative estimate of drug-likeness (QED) is 0.0598. The lowest BCUT2D eigenvalue weighted by Crippen LogP contribution is -2.13. The van der Waals surface area contributed by atoms with Crippen LogP contribution in [0.15, 0.2) is 227 Å². The van der Waals surface area contributed by atoms with Gasteiger partial charge in [0.2, 0.25) is 0 Å². The molecular formula is C70H72Br2N4. The molecule has 9 rings (SSSR count). The van der Waals surface area contributed by atoms with Crippen LogP contribution < -0.4 is 19.6 Å². The van der Waals surface area contributed by atoms with E-state index in [1.165, 1.54) is 73.6 Å². The van der Waals surface area contributed by atoms with Crippen molar-refractivity contribution in [3.05, 3.63) is 250 Å². The van der Waals surface area contributed by atoms with Gasteiger partial charge in [0.1, 0.15) is 0 Å². The molecule has 0 bridgehead atoms. The Morgan fingerprint density at radius 3 is 0.487 bits per heavy atom. The fourth-order valence-corrected chi connectivity index (χ4v) is 10.5. The Bertz CT molecular complexity index is 2940. The number of rotatable bonds is 24. The summed E-state index contributed by atoms with van der Waals surface area (Å²) in [6.45, 7) is 9.03. The van der Waals surface area contributed by atoms with Crippen molar-refractivity contribution in [3.8, 4) is 0 Å². The Balaban J connectivity index is 1.08. The lowest BCUT2D eigenvalue weighted by Gasteiger charge is -2.30. The third-order valence-electron chi connectivity index (χ3n) is 14.3. The van der Waals surface area contributed by atoms with Gasteiger partial charge in [0.15, 0.2) is 0 Å². The topological polar surface area (TPSA) is 13.0 Å². The van der Waals surface area contributed by atoms with Crippen LogP contribution in [0.1, 0.15) is 101 Å². The highest BCUT2D eigenvalue weighted by Crippen LogP contribution is 2.43. The molecule has 0 spiro atoms. The van der Waals surface area contributed by atoms with E-state index in [9.17, 15) is 0 Å². The molecule has 4 nitrogen and oxygen atoms in total. The average molecular weight is 1130 g/mol. The van der Waals surface area contributed by atoms with Crippen molar-refractivity contribution in [2.45, 2.75) is 105 Å². The number of benzene rings is 9. The molecule has 0 saturated heterocycles. The van der Waals surface area contributed by atoms with Crippen molar-refractivity contribution >= 4 is 100 Å². The summed E-state index contributed by atoms with van der Waals surface area (Å²) in [6, 6.07) is 81.0. The van der Waals surface area contributed by atoms with E-state index in [2.05, 4.69) is 298 Å². The second-order valence-corrected chi connectivity index (χ2v) is 21.8. The van der Waals surface area contributed by atoms with Crippen molar-refractivity contribution in [2.75, 3.05) is 19.6 Å². The van der Waals surface area contributed by atoms with Gasteiger partial charge in [-0.15, -0.1) is 0 Å². The molecule has 386 valence electrons. The van der Waals surface area contributed by atoms with Gasteiger partial charge in [-0.1, -0.05) is 134 Å². The van der Waals surface area contributed by atoms with Crippen molar-refractivity contribution in [1.82, 2.24) is 0 Å². The summed E-state index contributed by atoms with van der Waals surface area (Å²) in [5.74, 6) is 0. The smallest absolute Gasteiger partial charge is 0.0463 e. The molecule has 0 heterocycles. The zero-order valence-corrected chi connectivity index (χ0v) is 48.0. The molecule has 0 fully saturated rings. The second kappa shape index (κ2) is 26.8. The van der Waals surface area contributed by atoms with Crippen LogP contribution in [0, 0.1) is 0 Å². The Hall–Kier alpha value is -6.86. The summed E-state index contributed by atoms with van der Waals surface area (Å²) in [6.07, 6.45) is 13.8. The predicted octanol–water partition coefficient (Wildman–Crippen LogP) is 22.5. The molecule has 0 radical (unpaired) electrons.